The van der Waals surface area contributed by atoms with Gasteiger partial charge in [0.2, 0.25) is 5.91 Å². The number of nitro groups is 1. The number of nitro benzene ring substituents is 1. The highest BCUT2D eigenvalue weighted by molar-refractivity contribution is 5.82. The third kappa shape index (κ3) is 4.31. The number of carbonyl (C=O) groups is 1. The summed E-state index contributed by atoms with van der Waals surface area (Å²) >= 11 is 0. The molecule has 0 aliphatic carbocycles. The van der Waals surface area contributed by atoms with E-state index in [-0.39, 0.29) is 29.4 Å². The van der Waals surface area contributed by atoms with Crippen molar-refractivity contribution in [3.63, 3.8) is 0 Å². The van der Waals surface area contributed by atoms with Crippen molar-refractivity contribution in [2.45, 2.75) is 19.0 Å². The molecular formula is C26H25FN4O3. The van der Waals surface area contributed by atoms with Gasteiger partial charge in [-0.3, -0.25) is 14.9 Å². The van der Waals surface area contributed by atoms with Crippen molar-refractivity contribution in [2.75, 3.05) is 29.4 Å². The van der Waals surface area contributed by atoms with Gasteiger partial charge in [-0.05, 0) is 47.9 Å². The van der Waals surface area contributed by atoms with Crippen LogP contribution < -0.4 is 15.1 Å². The van der Waals surface area contributed by atoms with Gasteiger partial charge in [0.15, 0.2) is 0 Å². The summed E-state index contributed by atoms with van der Waals surface area (Å²) in [4.78, 5) is 28.9. The summed E-state index contributed by atoms with van der Waals surface area (Å²) in [6.45, 7) is 2.48. The predicted octanol–water partition coefficient (Wildman–Crippen LogP) is 3.92. The van der Waals surface area contributed by atoms with E-state index in [1.165, 1.54) is 18.2 Å². The van der Waals surface area contributed by atoms with Gasteiger partial charge in [-0.15, -0.1) is 0 Å². The van der Waals surface area contributed by atoms with Gasteiger partial charge in [0.25, 0.3) is 5.69 Å². The van der Waals surface area contributed by atoms with Crippen LogP contribution in [0.2, 0.25) is 0 Å². The molecule has 2 aliphatic rings. The molecule has 2 aliphatic heterocycles. The van der Waals surface area contributed by atoms with Crippen molar-refractivity contribution in [2.24, 2.45) is 5.92 Å². The van der Waals surface area contributed by atoms with Crippen LogP contribution in [0.1, 0.15) is 11.1 Å². The number of fused-ring (bicyclic) bond motifs is 3. The van der Waals surface area contributed by atoms with Crippen LogP contribution in [0.3, 0.4) is 0 Å². The Morgan fingerprint density at radius 1 is 1.06 bits per heavy atom. The number of nitrogens with zero attached hydrogens (tertiary/aromatic N) is 3. The summed E-state index contributed by atoms with van der Waals surface area (Å²) in [5.74, 6) is -0.799. The first kappa shape index (κ1) is 21.9. The maximum Gasteiger partial charge on any atom is 0.269 e. The monoisotopic (exact) mass is 460 g/mol. The average molecular weight is 461 g/mol. The summed E-state index contributed by atoms with van der Waals surface area (Å²) in [5, 5.41) is 14.4. The van der Waals surface area contributed by atoms with Crippen molar-refractivity contribution < 1.29 is 14.1 Å². The number of hydrogen-bond acceptors (Lipinski definition) is 5. The van der Waals surface area contributed by atoms with Crippen LogP contribution in [0.15, 0.2) is 72.8 Å². The third-order valence-electron chi connectivity index (χ3n) is 6.74. The van der Waals surface area contributed by atoms with Crippen molar-refractivity contribution in [3.05, 3.63) is 99.9 Å². The second-order valence-corrected chi connectivity index (χ2v) is 8.77. The number of piperazine rings is 1. The molecule has 1 N–H and O–H groups in total. The number of benzene rings is 3. The molecule has 2 heterocycles. The second kappa shape index (κ2) is 9.13. The molecule has 1 saturated heterocycles. The fourth-order valence-corrected chi connectivity index (χ4v) is 5.02. The Hall–Kier alpha value is -3.94. The summed E-state index contributed by atoms with van der Waals surface area (Å²) in [6, 6.07) is 21.0. The van der Waals surface area contributed by atoms with Crippen LogP contribution >= 0.6 is 0 Å². The molecule has 5 rings (SSSR count). The lowest BCUT2D eigenvalue weighted by atomic mass is 9.83. The molecule has 1 fully saturated rings. The van der Waals surface area contributed by atoms with Crippen LogP contribution in [0.5, 0.6) is 0 Å². The van der Waals surface area contributed by atoms with Crippen LogP contribution in [0.25, 0.3) is 0 Å². The van der Waals surface area contributed by atoms with Crippen molar-refractivity contribution in [3.8, 4) is 0 Å². The molecule has 34 heavy (non-hydrogen) atoms. The maximum absolute atomic E-state index is 13.4. The highest BCUT2D eigenvalue weighted by Crippen LogP contribution is 2.38. The predicted molar refractivity (Wildman–Crippen MR) is 128 cm³/mol. The zero-order valence-corrected chi connectivity index (χ0v) is 18.6. The Morgan fingerprint density at radius 3 is 2.56 bits per heavy atom. The topological polar surface area (TPSA) is 78.7 Å². The molecular weight excluding hydrogens is 435 g/mol. The van der Waals surface area contributed by atoms with Crippen LogP contribution in [-0.2, 0) is 17.8 Å². The number of halogens is 1. The number of nitrogens with one attached hydrogen (secondary N) is 1. The normalized spacial score (nSPS) is 19.2. The van der Waals surface area contributed by atoms with E-state index in [4.69, 9.17) is 0 Å². The third-order valence-corrected chi connectivity index (χ3v) is 6.74. The molecule has 0 saturated carbocycles. The fraction of sp³-hybridized carbons (Fsp3) is 0.269. The molecule has 7 nitrogen and oxygen atoms in total. The smallest absolute Gasteiger partial charge is 0.269 e. The first-order valence-corrected chi connectivity index (χ1v) is 11.4. The Kier molecular flexibility index (Phi) is 5.88. The zero-order valence-electron chi connectivity index (χ0n) is 18.6. The largest absolute Gasteiger partial charge is 0.368 e. The number of hydrogen-bond donors (Lipinski definition) is 1. The molecule has 0 spiro atoms. The number of carbonyl (C=O) groups excluding carboxylic acids is 1. The van der Waals surface area contributed by atoms with E-state index in [0.717, 1.165) is 29.0 Å². The lowest BCUT2D eigenvalue weighted by Crippen LogP contribution is -2.61. The van der Waals surface area contributed by atoms with Crippen LogP contribution in [0, 0.1) is 21.8 Å². The molecule has 0 unspecified atom stereocenters. The van der Waals surface area contributed by atoms with E-state index in [0.29, 0.717) is 26.1 Å². The standard InChI is InChI=1S/C26H25FN4O3/c27-20-8-6-18(7-9-20)16-28-26(32)23-15-19-14-22(31(33)34)10-11-24(19)30-13-12-29(17-25(23)30)21-4-2-1-3-5-21/h1-11,14,23,25H,12-13,15-17H2,(H,28,32)/t23-,25-/m0/s1. The minimum absolute atomic E-state index is 0.0330. The van der Waals surface area contributed by atoms with Gasteiger partial charge in [0, 0.05) is 49.7 Å². The van der Waals surface area contributed by atoms with Crippen LogP contribution in [-0.4, -0.2) is 36.5 Å². The second-order valence-electron chi connectivity index (χ2n) is 8.77. The number of para-hydroxylation sites is 1. The minimum Gasteiger partial charge on any atom is -0.368 e. The quantitative estimate of drug-likeness (QED) is 0.461. The average Bonchev–Trinajstić information content (AvgIpc) is 2.87. The first-order valence-electron chi connectivity index (χ1n) is 11.4. The van der Waals surface area contributed by atoms with E-state index in [2.05, 4.69) is 27.2 Å². The van der Waals surface area contributed by atoms with Crippen LogP contribution in [0.4, 0.5) is 21.5 Å². The summed E-state index contributed by atoms with van der Waals surface area (Å²) in [5.41, 5.74) is 3.74. The van der Waals surface area contributed by atoms with E-state index in [1.54, 1.807) is 18.2 Å². The van der Waals surface area contributed by atoms with E-state index in [1.807, 2.05) is 24.3 Å². The highest BCUT2D eigenvalue weighted by atomic mass is 19.1. The van der Waals surface area contributed by atoms with Gasteiger partial charge in [-0.2, -0.15) is 0 Å². The lowest BCUT2D eigenvalue weighted by molar-refractivity contribution is -0.384. The summed E-state index contributed by atoms with van der Waals surface area (Å²) in [6.07, 6.45) is 0.427. The van der Waals surface area contributed by atoms with Crippen molar-refractivity contribution >= 4 is 23.0 Å². The zero-order chi connectivity index (χ0) is 23.7. The molecule has 1 amide bonds. The molecule has 2 atom stereocenters. The Labute approximate surface area is 197 Å². The van der Waals surface area contributed by atoms with Gasteiger partial charge in [0.05, 0.1) is 16.9 Å². The fourth-order valence-electron chi connectivity index (χ4n) is 5.02. The summed E-state index contributed by atoms with van der Waals surface area (Å²) < 4.78 is 13.2. The van der Waals surface area contributed by atoms with Gasteiger partial charge in [-0.1, -0.05) is 30.3 Å². The molecule has 0 radical (unpaired) electrons. The molecule has 3 aromatic rings. The van der Waals surface area contributed by atoms with Gasteiger partial charge in [0.1, 0.15) is 5.82 Å². The van der Waals surface area contributed by atoms with Gasteiger partial charge in [-0.25, -0.2) is 4.39 Å². The Morgan fingerprint density at radius 2 is 1.82 bits per heavy atom. The number of amides is 1. The number of rotatable bonds is 5. The van der Waals surface area contributed by atoms with E-state index >= 15 is 0 Å². The molecule has 3 aromatic carbocycles. The molecule has 174 valence electrons. The lowest BCUT2D eigenvalue weighted by Gasteiger charge is -2.49. The first-order chi connectivity index (χ1) is 16.5. The SMILES string of the molecule is O=C(NCc1ccc(F)cc1)[C@H]1Cc2cc([N+](=O)[O-])ccc2N2CCN(c3ccccc3)C[C@@H]12. The molecule has 8 heteroatoms. The Balaban J connectivity index is 1.42. The number of non-ortho nitro benzene ring substituents is 1. The summed E-state index contributed by atoms with van der Waals surface area (Å²) in [7, 11) is 0. The number of anilines is 2. The van der Waals surface area contributed by atoms with Gasteiger partial charge >= 0.3 is 0 Å². The van der Waals surface area contributed by atoms with Crippen molar-refractivity contribution in [1.82, 2.24) is 5.32 Å². The molecule has 0 bridgehead atoms. The highest BCUT2D eigenvalue weighted by Gasteiger charge is 2.42. The molecule has 0 aromatic heterocycles. The van der Waals surface area contributed by atoms with Crippen molar-refractivity contribution in [1.29, 1.82) is 0 Å². The van der Waals surface area contributed by atoms with Gasteiger partial charge < -0.3 is 15.1 Å². The minimum atomic E-state index is -0.399. The van der Waals surface area contributed by atoms with E-state index in [9.17, 15) is 19.3 Å². The Bertz CT molecular complexity index is 1200. The van der Waals surface area contributed by atoms with E-state index < -0.39 is 4.92 Å². The maximum atomic E-state index is 13.4.